The van der Waals surface area contributed by atoms with Crippen LogP contribution < -0.4 is 0 Å². The lowest BCUT2D eigenvalue weighted by molar-refractivity contribution is 0.0756. The van der Waals surface area contributed by atoms with Crippen molar-refractivity contribution >= 4 is 0 Å². The van der Waals surface area contributed by atoms with Crippen molar-refractivity contribution in [2.75, 3.05) is 13.6 Å². The number of hydrogen-bond acceptors (Lipinski definition) is 3. The van der Waals surface area contributed by atoms with Gasteiger partial charge in [0.2, 0.25) is 0 Å². The quantitative estimate of drug-likeness (QED) is 0.862. The van der Waals surface area contributed by atoms with Gasteiger partial charge in [-0.2, -0.15) is 0 Å². The molecule has 1 aromatic rings. The molecule has 19 heavy (non-hydrogen) atoms. The molecule has 0 saturated carbocycles. The van der Waals surface area contributed by atoms with Crippen molar-refractivity contribution in [2.45, 2.75) is 39.8 Å². The fraction of sp³-hybridized carbons (Fsp3) is 0.667. The highest BCUT2D eigenvalue weighted by molar-refractivity contribution is 5.08. The topological polar surface area (TPSA) is 36.4 Å². The Balaban J connectivity index is 2.62. The Hall–Kier alpha value is -1.00. The van der Waals surface area contributed by atoms with Gasteiger partial charge in [0.25, 0.3) is 0 Å². The second-order valence-corrected chi connectivity index (χ2v) is 5.75. The van der Waals surface area contributed by atoms with Gasteiger partial charge in [-0.1, -0.05) is 20.8 Å². The molecule has 1 heterocycles. The Bertz CT molecular complexity index is 380. The summed E-state index contributed by atoms with van der Waals surface area (Å²) < 4.78 is 12.8. The monoisotopic (exact) mass is 268 g/mol. The van der Waals surface area contributed by atoms with Crippen LogP contribution in [0.4, 0.5) is 4.39 Å². The van der Waals surface area contributed by atoms with Gasteiger partial charge >= 0.3 is 0 Å². The van der Waals surface area contributed by atoms with Crippen LogP contribution in [0.2, 0.25) is 0 Å². The van der Waals surface area contributed by atoms with Crippen LogP contribution in [0.5, 0.6) is 0 Å². The molecule has 0 aliphatic carbocycles. The molecule has 0 bridgehead atoms. The summed E-state index contributed by atoms with van der Waals surface area (Å²) in [5.41, 5.74) is 0.527. The molecule has 108 valence electrons. The first-order valence-corrected chi connectivity index (χ1v) is 6.82. The summed E-state index contributed by atoms with van der Waals surface area (Å²) in [6.07, 6.45) is 0.480. The highest BCUT2D eigenvalue weighted by atomic mass is 19.1. The van der Waals surface area contributed by atoms with Crippen molar-refractivity contribution < 1.29 is 9.50 Å². The Morgan fingerprint density at radius 1 is 1.26 bits per heavy atom. The minimum Gasteiger partial charge on any atom is -0.386 e. The van der Waals surface area contributed by atoms with Crippen molar-refractivity contribution in [2.24, 2.45) is 11.8 Å². The van der Waals surface area contributed by atoms with Crippen molar-refractivity contribution in [1.82, 2.24) is 9.88 Å². The third-order valence-corrected chi connectivity index (χ3v) is 3.83. The van der Waals surface area contributed by atoms with E-state index in [1.54, 1.807) is 6.07 Å². The standard InChI is InChI=1S/C15H25FN2O/c1-10(2)12(4)18(5)9-11(3)15(19)14-7-6-13(16)8-17-14/h6-8,10-12,15,19H,9H2,1-5H3. The number of halogens is 1. The van der Waals surface area contributed by atoms with Crippen LogP contribution in [-0.4, -0.2) is 34.6 Å². The highest BCUT2D eigenvalue weighted by Gasteiger charge is 2.22. The fourth-order valence-corrected chi connectivity index (χ4v) is 2.08. The van der Waals surface area contributed by atoms with E-state index in [-0.39, 0.29) is 11.7 Å². The molecule has 0 radical (unpaired) electrons. The second-order valence-electron chi connectivity index (χ2n) is 5.75. The maximum absolute atomic E-state index is 12.8. The van der Waals surface area contributed by atoms with Gasteiger partial charge in [-0.05, 0) is 32.0 Å². The van der Waals surface area contributed by atoms with Gasteiger partial charge in [-0.25, -0.2) is 4.39 Å². The second kappa shape index (κ2) is 6.96. The number of nitrogens with zero attached hydrogens (tertiary/aromatic N) is 2. The molecule has 0 aliphatic rings. The largest absolute Gasteiger partial charge is 0.386 e. The van der Waals surface area contributed by atoms with Gasteiger partial charge in [-0.3, -0.25) is 4.98 Å². The lowest BCUT2D eigenvalue weighted by atomic mass is 9.98. The smallest absolute Gasteiger partial charge is 0.141 e. The summed E-state index contributed by atoms with van der Waals surface area (Å²) >= 11 is 0. The lowest BCUT2D eigenvalue weighted by Crippen LogP contribution is -2.37. The molecule has 0 saturated heterocycles. The number of aliphatic hydroxyl groups excluding tert-OH is 1. The molecule has 1 N–H and O–H groups in total. The average Bonchev–Trinajstić information content (AvgIpc) is 2.37. The average molecular weight is 268 g/mol. The zero-order valence-electron chi connectivity index (χ0n) is 12.5. The van der Waals surface area contributed by atoms with Crippen molar-refractivity contribution in [3.63, 3.8) is 0 Å². The van der Waals surface area contributed by atoms with Gasteiger partial charge in [0.1, 0.15) is 5.82 Å². The van der Waals surface area contributed by atoms with Crippen molar-refractivity contribution in [3.8, 4) is 0 Å². The fourth-order valence-electron chi connectivity index (χ4n) is 2.08. The van der Waals surface area contributed by atoms with Crippen LogP contribution >= 0.6 is 0 Å². The van der Waals surface area contributed by atoms with Gasteiger partial charge in [-0.15, -0.1) is 0 Å². The number of rotatable bonds is 6. The van der Waals surface area contributed by atoms with Crippen LogP contribution in [0.1, 0.15) is 39.5 Å². The number of aromatic nitrogens is 1. The van der Waals surface area contributed by atoms with Crippen LogP contribution in [0.3, 0.4) is 0 Å². The Labute approximate surface area is 115 Å². The van der Waals surface area contributed by atoms with E-state index in [9.17, 15) is 9.50 Å². The summed E-state index contributed by atoms with van der Waals surface area (Å²) in [6, 6.07) is 3.33. The first-order chi connectivity index (χ1) is 8.82. The van der Waals surface area contributed by atoms with Crippen LogP contribution in [0.15, 0.2) is 18.3 Å². The first kappa shape index (κ1) is 16.1. The summed E-state index contributed by atoms with van der Waals surface area (Å²) in [4.78, 5) is 6.18. The maximum Gasteiger partial charge on any atom is 0.141 e. The molecular formula is C15H25FN2O. The van der Waals surface area contributed by atoms with Gasteiger partial charge in [0.15, 0.2) is 0 Å². The molecular weight excluding hydrogens is 243 g/mol. The molecule has 0 fully saturated rings. The minimum atomic E-state index is -0.664. The molecule has 3 atom stereocenters. The van der Waals surface area contributed by atoms with Gasteiger partial charge in [0.05, 0.1) is 18.0 Å². The van der Waals surface area contributed by atoms with Gasteiger partial charge in [0, 0.05) is 18.5 Å². The first-order valence-electron chi connectivity index (χ1n) is 6.82. The predicted molar refractivity (Wildman–Crippen MR) is 75.2 cm³/mol. The minimum absolute atomic E-state index is 0.0455. The molecule has 0 aromatic carbocycles. The summed E-state index contributed by atoms with van der Waals surface area (Å²) in [5, 5.41) is 10.2. The van der Waals surface area contributed by atoms with Crippen LogP contribution in [0, 0.1) is 17.7 Å². The van der Waals surface area contributed by atoms with Gasteiger partial charge < -0.3 is 10.0 Å². The Kier molecular flexibility index (Phi) is 5.88. The SMILES string of the molecule is CC(C)C(C)N(C)CC(C)C(O)c1ccc(F)cn1. The summed E-state index contributed by atoms with van der Waals surface area (Å²) in [6.45, 7) is 9.31. The van der Waals surface area contributed by atoms with E-state index in [2.05, 4.69) is 37.7 Å². The Morgan fingerprint density at radius 2 is 1.89 bits per heavy atom. The van der Waals surface area contributed by atoms with Crippen molar-refractivity contribution in [1.29, 1.82) is 0 Å². The Morgan fingerprint density at radius 3 is 2.37 bits per heavy atom. The summed E-state index contributed by atoms with van der Waals surface area (Å²) in [7, 11) is 2.06. The van der Waals surface area contributed by atoms with E-state index in [1.165, 1.54) is 6.07 Å². The maximum atomic E-state index is 12.8. The van der Waals surface area contributed by atoms with E-state index in [0.717, 1.165) is 12.7 Å². The molecule has 0 amide bonds. The molecule has 3 unspecified atom stereocenters. The third-order valence-electron chi connectivity index (χ3n) is 3.83. The lowest BCUT2D eigenvalue weighted by Gasteiger charge is -2.31. The van der Waals surface area contributed by atoms with Crippen molar-refractivity contribution in [3.05, 3.63) is 29.8 Å². The molecule has 1 aromatic heterocycles. The molecule has 0 aliphatic heterocycles. The van der Waals surface area contributed by atoms with E-state index in [4.69, 9.17) is 0 Å². The number of pyridine rings is 1. The number of aliphatic hydroxyl groups is 1. The van der Waals surface area contributed by atoms with E-state index >= 15 is 0 Å². The predicted octanol–water partition coefficient (Wildman–Crippen LogP) is 2.87. The highest BCUT2D eigenvalue weighted by Crippen LogP contribution is 2.22. The zero-order valence-corrected chi connectivity index (χ0v) is 12.5. The summed E-state index contributed by atoms with van der Waals surface area (Å²) in [5.74, 6) is 0.233. The zero-order chi connectivity index (χ0) is 14.6. The van der Waals surface area contributed by atoms with Crippen LogP contribution in [-0.2, 0) is 0 Å². The molecule has 4 heteroatoms. The molecule has 0 spiro atoms. The van der Waals surface area contributed by atoms with Crippen LogP contribution in [0.25, 0.3) is 0 Å². The van der Waals surface area contributed by atoms with E-state index < -0.39 is 6.10 Å². The number of hydrogen-bond donors (Lipinski definition) is 1. The normalized spacial score (nSPS) is 16.7. The van der Waals surface area contributed by atoms with E-state index in [0.29, 0.717) is 17.7 Å². The molecule has 1 rings (SSSR count). The van der Waals surface area contributed by atoms with E-state index in [1.807, 2.05) is 6.92 Å². The molecule has 3 nitrogen and oxygen atoms in total. The third kappa shape index (κ3) is 4.55.